The van der Waals surface area contributed by atoms with Gasteiger partial charge in [-0.15, -0.1) is 0 Å². The third-order valence-electron chi connectivity index (χ3n) is 2.06. The average molecular weight is 185 g/mol. The van der Waals surface area contributed by atoms with Crippen LogP contribution in [0, 0.1) is 0 Å². The van der Waals surface area contributed by atoms with Crippen molar-refractivity contribution >= 4 is 0 Å². The molecule has 13 heavy (non-hydrogen) atoms. The molecule has 0 amide bonds. The van der Waals surface area contributed by atoms with Gasteiger partial charge >= 0.3 is 0 Å². The molecule has 0 bridgehead atoms. The van der Waals surface area contributed by atoms with Gasteiger partial charge in [-0.1, -0.05) is 32.3 Å². The van der Waals surface area contributed by atoms with Crippen LogP contribution in [-0.2, 0) is 4.74 Å². The van der Waals surface area contributed by atoms with Gasteiger partial charge in [-0.3, -0.25) is 0 Å². The van der Waals surface area contributed by atoms with Crippen molar-refractivity contribution in [2.45, 2.75) is 38.5 Å². The van der Waals surface area contributed by atoms with E-state index in [-0.39, 0.29) is 0 Å². The maximum absolute atomic E-state index is 5.03. The fourth-order valence-corrected chi connectivity index (χ4v) is 1.28. The molecule has 0 heterocycles. The molecule has 2 nitrogen and oxygen atoms in total. The summed E-state index contributed by atoms with van der Waals surface area (Å²) in [4.78, 5) is 0. The molecule has 0 rings (SSSR count). The highest BCUT2D eigenvalue weighted by atomic mass is 16.5. The normalized spacial score (nSPS) is 9.92. The molecule has 0 aliphatic heterocycles. The Morgan fingerprint density at radius 2 is 1.69 bits per heavy atom. The van der Waals surface area contributed by atoms with E-state index in [4.69, 9.17) is 4.74 Å². The molecule has 0 radical (unpaired) electrons. The van der Waals surface area contributed by atoms with Crippen molar-refractivity contribution < 1.29 is 4.74 Å². The van der Waals surface area contributed by atoms with E-state index in [9.17, 15) is 0 Å². The topological polar surface area (TPSA) is 21.3 Å². The molecule has 78 valence electrons. The van der Waals surface area contributed by atoms with Crippen LogP contribution in [0.25, 0.3) is 0 Å². The molecule has 0 spiro atoms. The van der Waals surface area contributed by atoms with Crippen molar-refractivity contribution in [3.63, 3.8) is 0 Å². The molecular formula is C11H23NO. The Morgan fingerprint density at radius 1 is 1.08 bits per heavy atom. The third kappa shape index (κ3) is 11.5. The number of unbranched alkanes of at least 4 members (excludes halogenated alkanes) is 5. The summed E-state index contributed by atoms with van der Waals surface area (Å²) in [5.74, 6) is 0. The first-order valence-corrected chi connectivity index (χ1v) is 5.29. The molecule has 1 N–H and O–H groups in total. The SMILES string of the molecule is C=COCCCCCCCCNC. The predicted molar refractivity (Wildman–Crippen MR) is 57.8 cm³/mol. The Balaban J connectivity index is 2.79. The van der Waals surface area contributed by atoms with Gasteiger partial charge < -0.3 is 10.1 Å². The Hall–Kier alpha value is -0.500. The summed E-state index contributed by atoms with van der Waals surface area (Å²) in [6, 6.07) is 0. The van der Waals surface area contributed by atoms with Gasteiger partial charge in [0.2, 0.25) is 0 Å². The van der Waals surface area contributed by atoms with Gasteiger partial charge in [-0.25, -0.2) is 0 Å². The Bertz CT molecular complexity index is 104. The van der Waals surface area contributed by atoms with E-state index >= 15 is 0 Å². The van der Waals surface area contributed by atoms with Crippen LogP contribution in [-0.4, -0.2) is 20.2 Å². The van der Waals surface area contributed by atoms with E-state index in [2.05, 4.69) is 11.9 Å². The van der Waals surface area contributed by atoms with Gasteiger partial charge in [-0.2, -0.15) is 0 Å². The van der Waals surface area contributed by atoms with Crippen LogP contribution in [0.3, 0.4) is 0 Å². The molecule has 0 saturated carbocycles. The standard InChI is InChI=1S/C11H23NO/c1-3-13-11-9-7-5-4-6-8-10-12-2/h3,12H,1,4-11H2,2H3. The van der Waals surface area contributed by atoms with Gasteiger partial charge in [0.05, 0.1) is 12.9 Å². The smallest absolute Gasteiger partial charge is 0.0873 e. The summed E-state index contributed by atoms with van der Waals surface area (Å²) in [5.41, 5.74) is 0. The molecule has 0 unspecified atom stereocenters. The lowest BCUT2D eigenvalue weighted by Crippen LogP contribution is -2.06. The predicted octanol–water partition coefficient (Wildman–Crippen LogP) is 2.71. The minimum Gasteiger partial charge on any atom is -0.502 e. The second-order valence-electron chi connectivity index (χ2n) is 3.26. The summed E-state index contributed by atoms with van der Waals surface area (Å²) >= 11 is 0. The van der Waals surface area contributed by atoms with Crippen LogP contribution in [0.2, 0.25) is 0 Å². The highest BCUT2D eigenvalue weighted by Crippen LogP contribution is 2.04. The quantitative estimate of drug-likeness (QED) is 0.417. The third-order valence-corrected chi connectivity index (χ3v) is 2.06. The lowest BCUT2D eigenvalue weighted by Gasteiger charge is -2.01. The first-order chi connectivity index (χ1) is 6.41. The summed E-state index contributed by atoms with van der Waals surface area (Å²) in [6.45, 7) is 5.48. The molecule has 0 aliphatic carbocycles. The molecule has 0 aromatic heterocycles. The van der Waals surface area contributed by atoms with E-state index in [1.807, 2.05) is 7.05 Å². The largest absolute Gasteiger partial charge is 0.502 e. The highest BCUT2D eigenvalue weighted by Gasteiger charge is 1.90. The zero-order chi connectivity index (χ0) is 9.78. The molecule has 0 saturated heterocycles. The summed E-state index contributed by atoms with van der Waals surface area (Å²) < 4.78 is 5.03. The van der Waals surface area contributed by atoms with E-state index in [0.717, 1.165) is 19.6 Å². The van der Waals surface area contributed by atoms with E-state index in [1.54, 1.807) is 0 Å². The van der Waals surface area contributed by atoms with E-state index in [1.165, 1.54) is 38.4 Å². The second-order valence-corrected chi connectivity index (χ2v) is 3.26. The van der Waals surface area contributed by atoms with Gasteiger partial charge in [0.25, 0.3) is 0 Å². The lowest BCUT2D eigenvalue weighted by atomic mass is 10.1. The first kappa shape index (κ1) is 12.5. The van der Waals surface area contributed by atoms with Crippen molar-refractivity contribution in [2.24, 2.45) is 0 Å². The molecule has 0 fully saturated rings. The number of ether oxygens (including phenoxy) is 1. The van der Waals surface area contributed by atoms with Crippen molar-refractivity contribution in [3.05, 3.63) is 12.8 Å². The minimum absolute atomic E-state index is 0.833. The van der Waals surface area contributed by atoms with Crippen LogP contribution < -0.4 is 5.32 Å². The monoisotopic (exact) mass is 185 g/mol. The van der Waals surface area contributed by atoms with Gasteiger partial charge in [-0.05, 0) is 26.4 Å². The van der Waals surface area contributed by atoms with Crippen molar-refractivity contribution in [2.75, 3.05) is 20.2 Å². The maximum atomic E-state index is 5.03. The molecule has 0 aromatic carbocycles. The molecule has 0 aliphatic rings. The number of hydrogen-bond donors (Lipinski definition) is 1. The van der Waals surface area contributed by atoms with Crippen LogP contribution in [0.15, 0.2) is 12.8 Å². The maximum Gasteiger partial charge on any atom is 0.0873 e. The minimum atomic E-state index is 0.833. The van der Waals surface area contributed by atoms with Crippen LogP contribution >= 0.6 is 0 Å². The van der Waals surface area contributed by atoms with E-state index in [0.29, 0.717) is 0 Å². The zero-order valence-electron chi connectivity index (χ0n) is 8.85. The molecule has 0 aromatic rings. The van der Waals surface area contributed by atoms with Gasteiger partial charge in [0.15, 0.2) is 0 Å². The summed E-state index contributed by atoms with van der Waals surface area (Å²) in [6.07, 6.45) is 9.32. The Kier molecular flexibility index (Phi) is 11.1. The van der Waals surface area contributed by atoms with Crippen LogP contribution in [0.4, 0.5) is 0 Å². The molecule has 2 heteroatoms. The number of rotatable bonds is 10. The number of hydrogen-bond acceptors (Lipinski definition) is 2. The van der Waals surface area contributed by atoms with Gasteiger partial charge in [0.1, 0.15) is 0 Å². The first-order valence-electron chi connectivity index (χ1n) is 5.29. The Morgan fingerprint density at radius 3 is 2.31 bits per heavy atom. The Labute approximate surface area is 82.4 Å². The second kappa shape index (κ2) is 11.5. The van der Waals surface area contributed by atoms with Crippen LogP contribution in [0.5, 0.6) is 0 Å². The van der Waals surface area contributed by atoms with Crippen molar-refractivity contribution in [1.82, 2.24) is 5.32 Å². The molecular weight excluding hydrogens is 162 g/mol. The van der Waals surface area contributed by atoms with E-state index < -0.39 is 0 Å². The number of nitrogens with one attached hydrogen (secondary N) is 1. The van der Waals surface area contributed by atoms with Crippen LogP contribution in [0.1, 0.15) is 38.5 Å². The fraction of sp³-hybridized carbons (Fsp3) is 0.818. The average Bonchev–Trinajstić information content (AvgIpc) is 2.16. The zero-order valence-corrected chi connectivity index (χ0v) is 8.85. The van der Waals surface area contributed by atoms with Crippen molar-refractivity contribution in [3.8, 4) is 0 Å². The lowest BCUT2D eigenvalue weighted by molar-refractivity contribution is 0.241. The summed E-state index contributed by atoms with van der Waals surface area (Å²) in [5, 5.41) is 3.16. The van der Waals surface area contributed by atoms with Crippen molar-refractivity contribution in [1.29, 1.82) is 0 Å². The summed E-state index contributed by atoms with van der Waals surface area (Å²) in [7, 11) is 2.01. The van der Waals surface area contributed by atoms with Gasteiger partial charge in [0, 0.05) is 0 Å². The fourth-order valence-electron chi connectivity index (χ4n) is 1.28. The highest BCUT2D eigenvalue weighted by molar-refractivity contribution is 4.50. The molecule has 0 atom stereocenters.